The van der Waals surface area contributed by atoms with Gasteiger partial charge >= 0.3 is 11.9 Å². The van der Waals surface area contributed by atoms with E-state index in [9.17, 15) is 9.59 Å². The molecule has 18 heavy (non-hydrogen) atoms. The molecule has 0 saturated carbocycles. The summed E-state index contributed by atoms with van der Waals surface area (Å²) in [7, 11) is 2.56. The lowest BCUT2D eigenvalue weighted by Crippen LogP contribution is -2.26. The molecule has 0 aromatic carbocycles. The highest BCUT2D eigenvalue weighted by Crippen LogP contribution is 2.13. The molecule has 0 atom stereocenters. The van der Waals surface area contributed by atoms with Crippen molar-refractivity contribution in [3.05, 3.63) is 12.2 Å². The van der Waals surface area contributed by atoms with Crippen LogP contribution in [0.25, 0.3) is 0 Å². The van der Waals surface area contributed by atoms with Gasteiger partial charge in [0.25, 0.3) is 0 Å². The number of allylic oxidation sites excluding steroid dienone is 2. The average Bonchev–Trinajstić information content (AvgIpc) is 2.40. The Morgan fingerprint density at radius 1 is 1.00 bits per heavy atom. The van der Waals surface area contributed by atoms with Gasteiger partial charge in [0.05, 0.1) is 14.2 Å². The van der Waals surface area contributed by atoms with Crippen LogP contribution in [-0.2, 0) is 19.1 Å². The van der Waals surface area contributed by atoms with E-state index in [2.05, 4.69) is 28.5 Å². The van der Waals surface area contributed by atoms with E-state index >= 15 is 0 Å². The molecular formula is C14H24O4. The normalized spacial score (nSPS) is 10.9. The van der Waals surface area contributed by atoms with E-state index in [-0.39, 0.29) is 0 Å². The number of ether oxygens (including phenoxy) is 2. The van der Waals surface area contributed by atoms with Crippen molar-refractivity contribution >= 4 is 11.9 Å². The van der Waals surface area contributed by atoms with Gasteiger partial charge in [-0.05, 0) is 25.7 Å². The Morgan fingerprint density at radius 3 is 1.94 bits per heavy atom. The SMILES string of the molecule is CCCC/C=C\CCCC(C(=O)OC)C(=O)OC. The topological polar surface area (TPSA) is 52.6 Å². The molecule has 0 aliphatic rings. The molecule has 0 aromatic rings. The summed E-state index contributed by atoms with van der Waals surface area (Å²) in [6.45, 7) is 2.16. The summed E-state index contributed by atoms with van der Waals surface area (Å²) < 4.78 is 9.18. The van der Waals surface area contributed by atoms with Crippen LogP contribution in [0.3, 0.4) is 0 Å². The zero-order chi connectivity index (χ0) is 13.8. The van der Waals surface area contributed by atoms with Crippen LogP contribution in [0, 0.1) is 5.92 Å². The van der Waals surface area contributed by atoms with E-state index in [4.69, 9.17) is 0 Å². The Morgan fingerprint density at radius 2 is 1.50 bits per heavy atom. The minimum absolute atomic E-state index is 0.470. The van der Waals surface area contributed by atoms with Crippen LogP contribution in [0.2, 0.25) is 0 Å². The van der Waals surface area contributed by atoms with Crippen LogP contribution < -0.4 is 0 Å². The second-order valence-corrected chi connectivity index (χ2v) is 4.14. The number of carbonyl (C=O) groups is 2. The first-order valence-electron chi connectivity index (χ1n) is 6.48. The molecule has 0 spiro atoms. The number of unbranched alkanes of at least 4 members (excludes halogenated alkanes) is 3. The summed E-state index contributed by atoms with van der Waals surface area (Å²) >= 11 is 0. The molecule has 0 saturated heterocycles. The fourth-order valence-corrected chi connectivity index (χ4v) is 1.61. The largest absolute Gasteiger partial charge is 0.468 e. The number of hydrogen-bond donors (Lipinski definition) is 0. The summed E-state index contributed by atoms with van der Waals surface area (Å²) in [5, 5.41) is 0. The van der Waals surface area contributed by atoms with Crippen molar-refractivity contribution in [2.45, 2.75) is 45.4 Å². The summed E-state index contributed by atoms with van der Waals surface area (Å²) in [5.41, 5.74) is 0. The van der Waals surface area contributed by atoms with Gasteiger partial charge in [0.1, 0.15) is 0 Å². The summed E-state index contributed by atoms with van der Waals surface area (Å²) in [6, 6.07) is 0. The van der Waals surface area contributed by atoms with Crippen molar-refractivity contribution in [2.24, 2.45) is 5.92 Å². The third kappa shape index (κ3) is 7.09. The number of rotatable bonds is 9. The minimum atomic E-state index is -0.788. The van der Waals surface area contributed by atoms with Gasteiger partial charge in [0.2, 0.25) is 0 Å². The first kappa shape index (κ1) is 16.7. The summed E-state index contributed by atoms with van der Waals surface area (Å²) in [4.78, 5) is 22.8. The molecule has 0 bridgehead atoms. The van der Waals surface area contributed by atoms with Gasteiger partial charge in [-0.25, -0.2) is 0 Å². The predicted molar refractivity (Wildman–Crippen MR) is 70.0 cm³/mol. The molecule has 104 valence electrons. The fourth-order valence-electron chi connectivity index (χ4n) is 1.61. The van der Waals surface area contributed by atoms with Gasteiger partial charge in [-0.2, -0.15) is 0 Å². The van der Waals surface area contributed by atoms with E-state index < -0.39 is 17.9 Å². The zero-order valence-corrected chi connectivity index (χ0v) is 11.6. The lowest BCUT2D eigenvalue weighted by molar-refractivity contribution is -0.159. The standard InChI is InChI=1S/C14H24O4/c1-4-5-6-7-8-9-10-11-12(13(15)17-2)14(16)18-3/h7-8,12H,4-6,9-11H2,1-3H3/b8-7-. The van der Waals surface area contributed by atoms with E-state index in [0.717, 1.165) is 19.3 Å². The van der Waals surface area contributed by atoms with Crippen molar-refractivity contribution < 1.29 is 19.1 Å². The molecule has 0 rings (SSSR count). The van der Waals surface area contributed by atoms with E-state index in [0.29, 0.717) is 6.42 Å². The number of hydrogen-bond acceptors (Lipinski definition) is 4. The smallest absolute Gasteiger partial charge is 0.320 e. The number of methoxy groups -OCH3 is 2. The van der Waals surface area contributed by atoms with Crippen molar-refractivity contribution in [2.75, 3.05) is 14.2 Å². The highest BCUT2D eigenvalue weighted by molar-refractivity contribution is 5.94. The molecule has 0 fully saturated rings. The van der Waals surface area contributed by atoms with Gasteiger partial charge in [-0.3, -0.25) is 9.59 Å². The Labute approximate surface area is 109 Å². The van der Waals surface area contributed by atoms with Crippen LogP contribution >= 0.6 is 0 Å². The van der Waals surface area contributed by atoms with E-state index in [1.807, 2.05) is 0 Å². The van der Waals surface area contributed by atoms with Gasteiger partial charge < -0.3 is 9.47 Å². The van der Waals surface area contributed by atoms with Gasteiger partial charge in [0, 0.05) is 0 Å². The number of carbonyl (C=O) groups excluding carboxylic acids is 2. The molecule has 0 aliphatic carbocycles. The van der Waals surface area contributed by atoms with Crippen molar-refractivity contribution in [1.82, 2.24) is 0 Å². The molecule has 0 aromatic heterocycles. The van der Waals surface area contributed by atoms with Crippen molar-refractivity contribution in [3.63, 3.8) is 0 Å². The molecule has 4 heteroatoms. The number of esters is 2. The molecule has 0 unspecified atom stereocenters. The molecular weight excluding hydrogens is 232 g/mol. The minimum Gasteiger partial charge on any atom is -0.468 e. The molecule has 0 amide bonds. The lowest BCUT2D eigenvalue weighted by Gasteiger charge is -2.11. The van der Waals surface area contributed by atoms with Gasteiger partial charge in [-0.15, -0.1) is 0 Å². The zero-order valence-electron chi connectivity index (χ0n) is 11.6. The first-order valence-corrected chi connectivity index (χ1v) is 6.48. The molecule has 4 nitrogen and oxygen atoms in total. The molecule has 0 N–H and O–H groups in total. The highest BCUT2D eigenvalue weighted by atomic mass is 16.5. The van der Waals surface area contributed by atoms with Crippen molar-refractivity contribution in [1.29, 1.82) is 0 Å². The van der Waals surface area contributed by atoms with Crippen LogP contribution in [-0.4, -0.2) is 26.2 Å². The highest BCUT2D eigenvalue weighted by Gasteiger charge is 2.27. The maximum atomic E-state index is 11.4. The fraction of sp³-hybridized carbons (Fsp3) is 0.714. The quantitative estimate of drug-likeness (QED) is 0.275. The monoisotopic (exact) mass is 256 g/mol. The first-order chi connectivity index (χ1) is 8.67. The van der Waals surface area contributed by atoms with E-state index in [1.165, 1.54) is 27.1 Å². The Bertz CT molecular complexity index is 255. The Hall–Kier alpha value is -1.32. The molecule has 0 radical (unpaired) electrons. The van der Waals surface area contributed by atoms with Crippen LogP contribution in [0.1, 0.15) is 45.4 Å². The summed E-state index contributed by atoms with van der Waals surface area (Å²) in [5.74, 6) is -1.82. The summed E-state index contributed by atoms with van der Waals surface area (Å²) in [6.07, 6.45) is 9.84. The average molecular weight is 256 g/mol. The van der Waals surface area contributed by atoms with Crippen LogP contribution in [0.15, 0.2) is 12.2 Å². The van der Waals surface area contributed by atoms with E-state index in [1.54, 1.807) is 0 Å². The van der Waals surface area contributed by atoms with Gasteiger partial charge in [-0.1, -0.05) is 31.9 Å². The van der Waals surface area contributed by atoms with Crippen molar-refractivity contribution in [3.8, 4) is 0 Å². The second kappa shape index (κ2) is 10.8. The Kier molecular flexibility index (Phi) is 10.0. The lowest BCUT2D eigenvalue weighted by atomic mass is 10.0. The third-order valence-corrected chi connectivity index (χ3v) is 2.73. The van der Waals surface area contributed by atoms with Gasteiger partial charge in [0.15, 0.2) is 5.92 Å². The second-order valence-electron chi connectivity index (χ2n) is 4.14. The maximum Gasteiger partial charge on any atom is 0.320 e. The molecule has 0 aliphatic heterocycles. The van der Waals surface area contributed by atoms with Crippen LogP contribution in [0.4, 0.5) is 0 Å². The van der Waals surface area contributed by atoms with Crippen LogP contribution in [0.5, 0.6) is 0 Å². The maximum absolute atomic E-state index is 11.4. The molecule has 0 heterocycles. The third-order valence-electron chi connectivity index (χ3n) is 2.73. The predicted octanol–water partition coefficient (Wildman–Crippen LogP) is 2.87. The Balaban J connectivity index is 3.94.